The first-order valence-electron chi connectivity index (χ1n) is 5.27. The van der Waals surface area contributed by atoms with Crippen molar-refractivity contribution in [3.05, 3.63) is 0 Å². The predicted molar refractivity (Wildman–Crippen MR) is 54.8 cm³/mol. The van der Waals surface area contributed by atoms with Crippen LogP contribution in [0.4, 0.5) is 0 Å². The van der Waals surface area contributed by atoms with Crippen molar-refractivity contribution < 1.29 is 14.6 Å². The number of hydrogen-bond acceptors (Lipinski definition) is 4. The molecule has 0 aliphatic carbocycles. The van der Waals surface area contributed by atoms with Crippen LogP contribution in [0.5, 0.6) is 0 Å². The highest BCUT2D eigenvalue weighted by molar-refractivity contribution is 5.69. The van der Waals surface area contributed by atoms with Crippen LogP contribution in [0.3, 0.4) is 0 Å². The molecule has 0 radical (unpaired) electrons. The molecular weight excluding hydrogens is 182 g/mol. The maximum absolute atomic E-state index is 11.1. The number of esters is 1. The number of ether oxygens (including phenoxy) is 1. The molecule has 0 amide bonds. The summed E-state index contributed by atoms with van der Waals surface area (Å²) in [5.74, 6) is -0.139. The number of carbonyl (C=O) groups excluding carboxylic acids is 1. The Labute approximate surface area is 85.4 Å². The van der Waals surface area contributed by atoms with Gasteiger partial charge in [-0.2, -0.15) is 0 Å². The average molecular weight is 203 g/mol. The second kappa shape index (κ2) is 10.5. The van der Waals surface area contributed by atoms with Gasteiger partial charge in [0.2, 0.25) is 0 Å². The zero-order valence-electron chi connectivity index (χ0n) is 8.71. The quantitative estimate of drug-likeness (QED) is 0.430. The molecule has 0 fully saturated rings. The van der Waals surface area contributed by atoms with E-state index < -0.39 is 0 Å². The lowest BCUT2D eigenvalue weighted by Crippen LogP contribution is -2.07. The van der Waals surface area contributed by atoms with Crippen LogP contribution in [0.15, 0.2) is 0 Å². The summed E-state index contributed by atoms with van der Waals surface area (Å²) < 4.78 is 4.97. The Morgan fingerprint density at radius 1 is 1.14 bits per heavy atom. The van der Waals surface area contributed by atoms with E-state index in [1.54, 1.807) is 0 Å². The van der Waals surface area contributed by atoms with E-state index in [9.17, 15) is 4.79 Å². The van der Waals surface area contributed by atoms with Crippen molar-refractivity contribution in [3.63, 3.8) is 0 Å². The van der Waals surface area contributed by atoms with Crippen LogP contribution in [0.2, 0.25) is 0 Å². The van der Waals surface area contributed by atoms with Crippen LogP contribution in [0.25, 0.3) is 0 Å². The molecule has 3 N–H and O–H groups in total. The minimum atomic E-state index is -0.139. The lowest BCUT2D eigenvalue weighted by molar-refractivity contribution is -0.143. The van der Waals surface area contributed by atoms with Crippen molar-refractivity contribution in [2.75, 3.05) is 19.8 Å². The van der Waals surface area contributed by atoms with E-state index in [0.717, 1.165) is 32.1 Å². The number of rotatable bonds is 9. The Morgan fingerprint density at radius 3 is 2.57 bits per heavy atom. The van der Waals surface area contributed by atoms with Crippen molar-refractivity contribution in [1.29, 1.82) is 0 Å². The fourth-order valence-corrected chi connectivity index (χ4v) is 1.06. The van der Waals surface area contributed by atoms with Crippen LogP contribution < -0.4 is 5.73 Å². The van der Waals surface area contributed by atoms with Gasteiger partial charge in [0.15, 0.2) is 0 Å². The van der Waals surface area contributed by atoms with Crippen molar-refractivity contribution in [2.45, 2.75) is 38.5 Å². The molecule has 0 aliphatic heterocycles. The number of aliphatic hydroxyl groups is 1. The smallest absolute Gasteiger partial charge is 0.305 e. The maximum Gasteiger partial charge on any atom is 0.305 e. The van der Waals surface area contributed by atoms with Gasteiger partial charge in [0.1, 0.15) is 0 Å². The van der Waals surface area contributed by atoms with Gasteiger partial charge in [0, 0.05) is 13.0 Å². The number of aliphatic hydroxyl groups excluding tert-OH is 1. The first-order valence-corrected chi connectivity index (χ1v) is 5.27. The summed E-state index contributed by atoms with van der Waals surface area (Å²) in [5.41, 5.74) is 5.29. The first-order chi connectivity index (χ1) is 6.81. The largest absolute Gasteiger partial charge is 0.466 e. The summed E-state index contributed by atoms with van der Waals surface area (Å²) in [6, 6.07) is 0. The minimum absolute atomic E-state index is 0.139. The zero-order valence-corrected chi connectivity index (χ0v) is 8.71. The average Bonchev–Trinajstić information content (AvgIpc) is 2.19. The molecule has 14 heavy (non-hydrogen) atoms. The molecule has 0 rings (SSSR count). The highest BCUT2D eigenvalue weighted by Crippen LogP contribution is 2.01. The summed E-state index contributed by atoms with van der Waals surface area (Å²) in [6.45, 7) is 1.33. The van der Waals surface area contributed by atoms with E-state index in [2.05, 4.69) is 0 Å². The highest BCUT2D eigenvalue weighted by atomic mass is 16.5. The first kappa shape index (κ1) is 13.4. The van der Waals surface area contributed by atoms with Gasteiger partial charge in [-0.25, -0.2) is 0 Å². The van der Waals surface area contributed by atoms with Crippen LogP contribution in [0.1, 0.15) is 38.5 Å². The van der Waals surface area contributed by atoms with Gasteiger partial charge in [0.25, 0.3) is 0 Å². The molecule has 0 aliphatic rings. The molecule has 0 aromatic carbocycles. The Balaban J connectivity index is 3.11. The number of hydrogen-bond donors (Lipinski definition) is 2. The van der Waals surface area contributed by atoms with E-state index in [1.165, 1.54) is 0 Å². The Bertz CT molecular complexity index is 125. The molecule has 0 bridgehead atoms. The predicted octanol–water partition coefficient (Wildman–Crippen LogP) is 0.821. The van der Waals surface area contributed by atoms with E-state index in [-0.39, 0.29) is 12.6 Å². The molecule has 0 heterocycles. The van der Waals surface area contributed by atoms with Gasteiger partial charge in [0.05, 0.1) is 6.61 Å². The zero-order chi connectivity index (χ0) is 10.6. The Hall–Kier alpha value is -0.610. The molecule has 0 aromatic heterocycles. The Morgan fingerprint density at radius 2 is 1.93 bits per heavy atom. The molecule has 0 saturated heterocycles. The van der Waals surface area contributed by atoms with Gasteiger partial charge in [-0.3, -0.25) is 4.79 Å². The van der Waals surface area contributed by atoms with Gasteiger partial charge < -0.3 is 15.6 Å². The molecular formula is C10H21NO3. The molecule has 0 saturated carbocycles. The second-order valence-corrected chi connectivity index (χ2v) is 3.25. The monoisotopic (exact) mass is 203 g/mol. The van der Waals surface area contributed by atoms with E-state index in [1.807, 2.05) is 0 Å². The molecule has 0 spiro atoms. The Kier molecular flexibility index (Phi) is 10.0. The van der Waals surface area contributed by atoms with Crippen molar-refractivity contribution in [1.82, 2.24) is 0 Å². The third kappa shape index (κ3) is 9.48. The summed E-state index contributed by atoms with van der Waals surface area (Å²) >= 11 is 0. The molecule has 4 heteroatoms. The third-order valence-electron chi connectivity index (χ3n) is 1.90. The summed E-state index contributed by atoms with van der Waals surface area (Å²) in [6.07, 6.45) is 4.66. The lowest BCUT2D eigenvalue weighted by Gasteiger charge is -2.03. The van der Waals surface area contributed by atoms with Crippen LogP contribution in [-0.4, -0.2) is 30.8 Å². The lowest BCUT2D eigenvalue weighted by atomic mass is 10.2. The molecule has 0 aromatic rings. The van der Waals surface area contributed by atoms with Gasteiger partial charge in [-0.05, 0) is 32.2 Å². The fourth-order valence-electron chi connectivity index (χ4n) is 1.06. The van der Waals surface area contributed by atoms with Crippen LogP contribution in [0, 0.1) is 0 Å². The van der Waals surface area contributed by atoms with Gasteiger partial charge in [-0.1, -0.05) is 6.42 Å². The number of carbonyl (C=O) groups is 1. The molecule has 4 nitrogen and oxygen atoms in total. The molecule has 0 unspecified atom stereocenters. The van der Waals surface area contributed by atoms with E-state index in [4.69, 9.17) is 15.6 Å². The van der Waals surface area contributed by atoms with E-state index in [0.29, 0.717) is 19.6 Å². The summed E-state index contributed by atoms with van der Waals surface area (Å²) in [5, 5.41) is 8.50. The highest BCUT2D eigenvalue weighted by Gasteiger charge is 2.01. The normalized spacial score (nSPS) is 10.1. The molecule has 0 atom stereocenters. The third-order valence-corrected chi connectivity index (χ3v) is 1.90. The van der Waals surface area contributed by atoms with Crippen LogP contribution >= 0.6 is 0 Å². The van der Waals surface area contributed by atoms with Gasteiger partial charge >= 0.3 is 5.97 Å². The number of nitrogens with two attached hydrogens (primary N) is 1. The SMILES string of the molecule is NCCCCOC(=O)CCCCCO. The summed E-state index contributed by atoms with van der Waals surface area (Å²) in [4.78, 5) is 11.1. The number of unbranched alkanes of at least 4 members (excludes halogenated alkanes) is 3. The van der Waals surface area contributed by atoms with Crippen molar-refractivity contribution in [3.8, 4) is 0 Å². The minimum Gasteiger partial charge on any atom is -0.466 e. The maximum atomic E-state index is 11.1. The second-order valence-electron chi connectivity index (χ2n) is 3.25. The molecule has 84 valence electrons. The van der Waals surface area contributed by atoms with Crippen molar-refractivity contribution in [2.24, 2.45) is 5.73 Å². The standard InChI is InChI=1S/C10H21NO3/c11-7-3-5-9-14-10(13)6-2-1-4-8-12/h12H,1-9,11H2. The summed E-state index contributed by atoms with van der Waals surface area (Å²) in [7, 11) is 0. The van der Waals surface area contributed by atoms with Crippen molar-refractivity contribution >= 4 is 5.97 Å². The topological polar surface area (TPSA) is 72.5 Å². The fraction of sp³-hybridized carbons (Fsp3) is 0.900. The van der Waals surface area contributed by atoms with E-state index >= 15 is 0 Å². The van der Waals surface area contributed by atoms with Gasteiger partial charge in [-0.15, -0.1) is 0 Å². The van der Waals surface area contributed by atoms with Crippen LogP contribution in [-0.2, 0) is 9.53 Å².